The zero-order valence-corrected chi connectivity index (χ0v) is 11.6. The summed E-state index contributed by atoms with van der Waals surface area (Å²) in [5.74, 6) is 0.910. The van der Waals surface area contributed by atoms with E-state index in [1.807, 2.05) is 0 Å². The molecule has 0 aliphatic heterocycles. The maximum absolute atomic E-state index is 11.8. The van der Waals surface area contributed by atoms with Gasteiger partial charge < -0.3 is 0 Å². The van der Waals surface area contributed by atoms with Crippen molar-refractivity contribution in [1.29, 1.82) is 0 Å². The fourth-order valence-electron chi connectivity index (χ4n) is 2.49. The van der Waals surface area contributed by atoms with Gasteiger partial charge in [0.05, 0.1) is 0 Å². The van der Waals surface area contributed by atoms with Crippen molar-refractivity contribution in [2.24, 2.45) is 5.92 Å². The van der Waals surface area contributed by atoms with Crippen molar-refractivity contribution in [3.8, 4) is 0 Å². The zero-order valence-electron chi connectivity index (χ0n) is 11.6. The van der Waals surface area contributed by atoms with Crippen molar-refractivity contribution in [2.45, 2.75) is 78.1 Å². The van der Waals surface area contributed by atoms with Gasteiger partial charge in [-0.2, -0.15) is 0 Å². The zero-order chi connectivity index (χ0) is 12.5. The van der Waals surface area contributed by atoms with Crippen molar-refractivity contribution in [2.75, 3.05) is 0 Å². The lowest BCUT2D eigenvalue weighted by Gasteiger charge is -2.12. The van der Waals surface area contributed by atoms with Crippen LogP contribution in [-0.2, 0) is 4.79 Å². The topological polar surface area (TPSA) is 17.1 Å². The number of allylic oxidation sites excluding steroid dienone is 2. The van der Waals surface area contributed by atoms with Gasteiger partial charge in [-0.1, -0.05) is 50.7 Å². The number of carbonyl (C=O) groups is 1. The van der Waals surface area contributed by atoms with E-state index in [2.05, 4.69) is 19.9 Å². The molecule has 0 aromatic carbocycles. The minimum Gasteiger partial charge on any atom is -0.300 e. The lowest BCUT2D eigenvalue weighted by Crippen LogP contribution is -2.06. The van der Waals surface area contributed by atoms with Crippen LogP contribution >= 0.6 is 0 Å². The van der Waals surface area contributed by atoms with E-state index in [0.717, 1.165) is 19.3 Å². The van der Waals surface area contributed by atoms with Crippen LogP contribution in [0.15, 0.2) is 11.6 Å². The molecule has 1 unspecified atom stereocenters. The van der Waals surface area contributed by atoms with Crippen LogP contribution in [-0.4, -0.2) is 5.78 Å². The summed E-state index contributed by atoms with van der Waals surface area (Å²) in [6, 6.07) is 0. The maximum atomic E-state index is 11.8. The molecular formula is C16H28O. The number of rotatable bonds is 0. The van der Waals surface area contributed by atoms with Crippen molar-refractivity contribution in [3.63, 3.8) is 0 Å². The smallest absolute Gasteiger partial charge is 0.133 e. The molecule has 1 heteroatoms. The van der Waals surface area contributed by atoms with Crippen LogP contribution in [0.2, 0.25) is 0 Å². The first-order chi connectivity index (χ1) is 8.20. The second kappa shape index (κ2) is 8.49. The molecule has 0 N–H and O–H groups in total. The van der Waals surface area contributed by atoms with E-state index < -0.39 is 0 Å². The first-order valence-electron chi connectivity index (χ1n) is 7.38. The van der Waals surface area contributed by atoms with Crippen molar-refractivity contribution in [3.05, 3.63) is 11.6 Å². The standard InChI is InChI=1S/C16H28O/c1-14-11-9-7-5-3-4-6-8-10-12-16(17)13-15(14)2/h11,15H,3-10,12-13H2,1-2H3/b14-11+. The Labute approximate surface area is 107 Å². The normalized spacial score (nSPS) is 29.2. The highest BCUT2D eigenvalue weighted by Gasteiger charge is 2.10. The highest BCUT2D eigenvalue weighted by molar-refractivity contribution is 5.78. The first kappa shape index (κ1) is 14.5. The van der Waals surface area contributed by atoms with Crippen LogP contribution in [0.1, 0.15) is 78.1 Å². The summed E-state index contributed by atoms with van der Waals surface area (Å²) in [6.45, 7) is 4.37. The molecular weight excluding hydrogens is 208 g/mol. The molecule has 0 bridgehead atoms. The van der Waals surface area contributed by atoms with Crippen LogP contribution in [0.4, 0.5) is 0 Å². The number of hydrogen-bond donors (Lipinski definition) is 0. The molecule has 1 atom stereocenters. The first-order valence-corrected chi connectivity index (χ1v) is 7.38. The monoisotopic (exact) mass is 236 g/mol. The summed E-state index contributed by atoms with van der Waals surface area (Å²) in [5, 5.41) is 0. The van der Waals surface area contributed by atoms with Gasteiger partial charge in [0.15, 0.2) is 0 Å². The Morgan fingerprint density at radius 2 is 1.59 bits per heavy atom. The van der Waals surface area contributed by atoms with E-state index in [1.165, 1.54) is 50.5 Å². The highest BCUT2D eigenvalue weighted by atomic mass is 16.1. The van der Waals surface area contributed by atoms with Gasteiger partial charge in [0.25, 0.3) is 0 Å². The fourth-order valence-corrected chi connectivity index (χ4v) is 2.49. The minimum absolute atomic E-state index is 0.449. The molecule has 0 spiro atoms. The van der Waals surface area contributed by atoms with E-state index in [-0.39, 0.29) is 0 Å². The van der Waals surface area contributed by atoms with Gasteiger partial charge in [-0.15, -0.1) is 0 Å². The molecule has 0 aromatic rings. The molecule has 17 heavy (non-hydrogen) atoms. The third-order valence-corrected chi connectivity index (χ3v) is 3.94. The largest absolute Gasteiger partial charge is 0.300 e. The Morgan fingerprint density at radius 3 is 2.29 bits per heavy atom. The second-order valence-electron chi connectivity index (χ2n) is 5.61. The summed E-state index contributed by atoms with van der Waals surface area (Å²) in [5.41, 5.74) is 1.41. The second-order valence-corrected chi connectivity index (χ2v) is 5.61. The summed E-state index contributed by atoms with van der Waals surface area (Å²) >= 11 is 0. The van der Waals surface area contributed by atoms with E-state index in [0.29, 0.717) is 11.7 Å². The van der Waals surface area contributed by atoms with Crippen molar-refractivity contribution in [1.82, 2.24) is 0 Å². The fraction of sp³-hybridized carbons (Fsp3) is 0.812. The molecule has 0 saturated carbocycles. The Morgan fingerprint density at radius 1 is 1.00 bits per heavy atom. The SMILES string of the molecule is C/C1=C\CCCCCCCCCC(=O)CC1C. The molecule has 0 aromatic heterocycles. The lowest BCUT2D eigenvalue weighted by atomic mass is 9.93. The minimum atomic E-state index is 0.449. The summed E-state index contributed by atoms with van der Waals surface area (Å²) in [7, 11) is 0. The van der Waals surface area contributed by atoms with Gasteiger partial charge in [-0.3, -0.25) is 4.79 Å². The third kappa shape index (κ3) is 6.65. The van der Waals surface area contributed by atoms with E-state index >= 15 is 0 Å². The van der Waals surface area contributed by atoms with Crippen molar-refractivity contribution >= 4 is 5.78 Å². The summed E-state index contributed by atoms with van der Waals surface area (Å²) < 4.78 is 0. The number of ketones is 1. The lowest BCUT2D eigenvalue weighted by molar-refractivity contribution is -0.119. The van der Waals surface area contributed by atoms with Crippen LogP contribution < -0.4 is 0 Å². The Balaban J connectivity index is 2.46. The van der Waals surface area contributed by atoms with Crippen LogP contribution in [0.25, 0.3) is 0 Å². The quantitative estimate of drug-likeness (QED) is 0.538. The Kier molecular flexibility index (Phi) is 7.23. The highest BCUT2D eigenvalue weighted by Crippen LogP contribution is 2.19. The molecule has 0 saturated heterocycles. The van der Waals surface area contributed by atoms with Gasteiger partial charge in [-0.05, 0) is 32.1 Å². The molecule has 0 heterocycles. The van der Waals surface area contributed by atoms with Crippen LogP contribution in [0, 0.1) is 5.92 Å². The average molecular weight is 236 g/mol. The average Bonchev–Trinajstić information content (AvgIpc) is 2.30. The third-order valence-electron chi connectivity index (χ3n) is 3.94. The van der Waals surface area contributed by atoms with E-state index in [1.54, 1.807) is 0 Å². The predicted molar refractivity (Wildman–Crippen MR) is 74.1 cm³/mol. The number of Topliss-reactive ketones (excluding diaryl/α,β-unsaturated/α-hetero) is 1. The van der Waals surface area contributed by atoms with E-state index in [9.17, 15) is 4.79 Å². The number of hydrogen-bond acceptors (Lipinski definition) is 1. The van der Waals surface area contributed by atoms with Gasteiger partial charge in [0, 0.05) is 12.8 Å². The maximum Gasteiger partial charge on any atom is 0.133 e. The Bertz CT molecular complexity index is 252. The molecule has 1 nitrogen and oxygen atoms in total. The molecule has 0 fully saturated rings. The summed E-state index contributed by atoms with van der Waals surface area (Å²) in [6.07, 6.45) is 14.2. The molecule has 98 valence electrons. The van der Waals surface area contributed by atoms with E-state index in [4.69, 9.17) is 0 Å². The Hall–Kier alpha value is -0.590. The van der Waals surface area contributed by atoms with Gasteiger partial charge in [0.1, 0.15) is 5.78 Å². The molecule has 1 aliphatic rings. The summed E-state index contributed by atoms with van der Waals surface area (Å²) in [4.78, 5) is 11.8. The van der Waals surface area contributed by atoms with Gasteiger partial charge in [-0.25, -0.2) is 0 Å². The van der Waals surface area contributed by atoms with Crippen molar-refractivity contribution < 1.29 is 4.79 Å². The predicted octanol–water partition coefficient (Wildman–Crippen LogP) is 5.05. The van der Waals surface area contributed by atoms with Gasteiger partial charge in [0.2, 0.25) is 0 Å². The molecule has 0 amide bonds. The molecule has 0 radical (unpaired) electrons. The van der Waals surface area contributed by atoms with Crippen LogP contribution in [0.5, 0.6) is 0 Å². The van der Waals surface area contributed by atoms with Gasteiger partial charge >= 0.3 is 0 Å². The molecule has 1 rings (SSSR count). The number of carbonyl (C=O) groups excluding carboxylic acids is 1. The molecule has 1 aliphatic carbocycles. The van der Waals surface area contributed by atoms with Crippen LogP contribution in [0.3, 0.4) is 0 Å².